The molecule has 0 aliphatic carbocycles. The molecular formula is C15H15BrN2O. The maximum atomic E-state index is 12.3. The number of nitrogen functional groups attached to an aromatic ring is 1. The Labute approximate surface area is 121 Å². The fraction of sp³-hybridized carbons (Fsp3) is 0.133. The SMILES string of the molecule is Cc1cc(Br)cc(NC(=O)c2c(C)cccc2N)c1. The lowest BCUT2D eigenvalue weighted by molar-refractivity contribution is 0.102. The Kier molecular flexibility index (Phi) is 3.90. The Bertz CT molecular complexity index is 598. The molecule has 2 aromatic rings. The summed E-state index contributed by atoms with van der Waals surface area (Å²) in [6.07, 6.45) is 0. The molecule has 98 valence electrons. The van der Waals surface area contributed by atoms with Crippen LogP contribution in [-0.2, 0) is 0 Å². The molecule has 1 amide bonds. The lowest BCUT2D eigenvalue weighted by Crippen LogP contribution is -2.15. The minimum Gasteiger partial charge on any atom is -0.398 e. The van der Waals surface area contributed by atoms with E-state index in [1.165, 1.54) is 0 Å². The Morgan fingerprint density at radius 2 is 1.95 bits per heavy atom. The van der Waals surface area contributed by atoms with E-state index in [-0.39, 0.29) is 5.91 Å². The number of carbonyl (C=O) groups excluding carboxylic acids is 1. The van der Waals surface area contributed by atoms with Crippen LogP contribution < -0.4 is 11.1 Å². The number of carbonyl (C=O) groups is 1. The van der Waals surface area contributed by atoms with Crippen LogP contribution in [0.2, 0.25) is 0 Å². The first-order chi connectivity index (χ1) is 8.97. The second-order valence-electron chi connectivity index (χ2n) is 4.51. The monoisotopic (exact) mass is 318 g/mol. The number of amides is 1. The van der Waals surface area contributed by atoms with Crippen LogP contribution >= 0.6 is 15.9 Å². The number of rotatable bonds is 2. The van der Waals surface area contributed by atoms with Crippen molar-refractivity contribution in [2.24, 2.45) is 0 Å². The Morgan fingerprint density at radius 1 is 1.21 bits per heavy atom. The van der Waals surface area contributed by atoms with Gasteiger partial charge in [0.15, 0.2) is 0 Å². The molecule has 0 aliphatic rings. The van der Waals surface area contributed by atoms with Gasteiger partial charge in [0.2, 0.25) is 0 Å². The number of hydrogen-bond donors (Lipinski definition) is 2. The second kappa shape index (κ2) is 5.45. The van der Waals surface area contributed by atoms with Crippen LogP contribution in [0, 0.1) is 13.8 Å². The molecule has 0 unspecified atom stereocenters. The van der Waals surface area contributed by atoms with Gasteiger partial charge in [0, 0.05) is 15.8 Å². The second-order valence-corrected chi connectivity index (χ2v) is 5.43. The van der Waals surface area contributed by atoms with E-state index in [0.29, 0.717) is 11.3 Å². The minimum absolute atomic E-state index is 0.187. The van der Waals surface area contributed by atoms with Crippen LogP contribution in [-0.4, -0.2) is 5.91 Å². The van der Waals surface area contributed by atoms with Crippen molar-refractivity contribution in [2.45, 2.75) is 13.8 Å². The Morgan fingerprint density at radius 3 is 2.58 bits per heavy atom. The van der Waals surface area contributed by atoms with E-state index in [2.05, 4.69) is 21.2 Å². The molecule has 0 bridgehead atoms. The Balaban J connectivity index is 2.31. The van der Waals surface area contributed by atoms with E-state index in [4.69, 9.17) is 5.73 Å². The highest BCUT2D eigenvalue weighted by Crippen LogP contribution is 2.22. The molecule has 0 radical (unpaired) electrons. The van der Waals surface area contributed by atoms with E-state index >= 15 is 0 Å². The smallest absolute Gasteiger partial charge is 0.258 e. The zero-order valence-electron chi connectivity index (χ0n) is 10.8. The van der Waals surface area contributed by atoms with Gasteiger partial charge in [0.1, 0.15) is 0 Å². The van der Waals surface area contributed by atoms with Gasteiger partial charge in [-0.15, -0.1) is 0 Å². The van der Waals surface area contributed by atoms with Gasteiger partial charge in [0.05, 0.1) is 5.56 Å². The number of aryl methyl sites for hydroxylation is 2. The predicted octanol–water partition coefficient (Wildman–Crippen LogP) is 3.90. The number of benzene rings is 2. The lowest BCUT2D eigenvalue weighted by Gasteiger charge is -2.11. The summed E-state index contributed by atoms with van der Waals surface area (Å²) in [5.74, 6) is -0.187. The van der Waals surface area contributed by atoms with Crippen molar-refractivity contribution in [1.82, 2.24) is 0 Å². The van der Waals surface area contributed by atoms with Gasteiger partial charge in [-0.05, 0) is 49.2 Å². The van der Waals surface area contributed by atoms with Crippen LogP contribution in [0.5, 0.6) is 0 Å². The summed E-state index contributed by atoms with van der Waals surface area (Å²) in [7, 11) is 0. The average molecular weight is 319 g/mol. The lowest BCUT2D eigenvalue weighted by atomic mass is 10.1. The summed E-state index contributed by atoms with van der Waals surface area (Å²) >= 11 is 3.41. The van der Waals surface area contributed by atoms with Gasteiger partial charge in [-0.25, -0.2) is 0 Å². The van der Waals surface area contributed by atoms with E-state index < -0.39 is 0 Å². The van der Waals surface area contributed by atoms with Crippen molar-refractivity contribution in [3.05, 3.63) is 57.6 Å². The van der Waals surface area contributed by atoms with Gasteiger partial charge >= 0.3 is 0 Å². The zero-order valence-corrected chi connectivity index (χ0v) is 12.4. The molecule has 3 nitrogen and oxygen atoms in total. The highest BCUT2D eigenvalue weighted by molar-refractivity contribution is 9.10. The summed E-state index contributed by atoms with van der Waals surface area (Å²) in [6, 6.07) is 11.2. The molecule has 0 aliphatic heterocycles. The fourth-order valence-corrected chi connectivity index (χ4v) is 2.61. The van der Waals surface area contributed by atoms with Gasteiger partial charge in [0.25, 0.3) is 5.91 Å². The molecule has 19 heavy (non-hydrogen) atoms. The van der Waals surface area contributed by atoms with Crippen LogP contribution in [0.15, 0.2) is 40.9 Å². The first kappa shape index (κ1) is 13.6. The number of halogens is 1. The van der Waals surface area contributed by atoms with E-state index in [1.807, 2.05) is 44.2 Å². The average Bonchev–Trinajstić information content (AvgIpc) is 2.26. The van der Waals surface area contributed by atoms with Crippen LogP contribution in [0.3, 0.4) is 0 Å². The topological polar surface area (TPSA) is 55.1 Å². The van der Waals surface area contributed by atoms with E-state index in [9.17, 15) is 4.79 Å². The maximum absolute atomic E-state index is 12.3. The van der Waals surface area contributed by atoms with Gasteiger partial charge in [-0.1, -0.05) is 28.1 Å². The van der Waals surface area contributed by atoms with E-state index in [1.54, 1.807) is 6.07 Å². The Hall–Kier alpha value is -1.81. The molecule has 3 N–H and O–H groups in total. The van der Waals surface area contributed by atoms with Crippen LogP contribution in [0.25, 0.3) is 0 Å². The molecule has 0 saturated heterocycles. The third-order valence-corrected chi connectivity index (χ3v) is 3.29. The predicted molar refractivity (Wildman–Crippen MR) is 82.4 cm³/mol. The highest BCUT2D eigenvalue weighted by atomic mass is 79.9. The van der Waals surface area contributed by atoms with Crippen LogP contribution in [0.1, 0.15) is 21.5 Å². The zero-order chi connectivity index (χ0) is 14.0. The standard InChI is InChI=1S/C15H15BrN2O/c1-9-6-11(16)8-12(7-9)18-15(19)14-10(2)4-3-5-13(14)17/h3-8H,17H2,1-2H3,(H,18,19). The normalized spacial score (nSPS) is 10.3. The van der Waals surface area contributed by atoms with Gasteiger partial charge in [-0.3, -0.25) is 4.79 Å². The fourth-order valence-electron chi connectivity index (χ4n) is 2.00. The summed E-state index contributed by atoms with van der Waals surface area (Å²) in [4.78, 5) is 12.3. The molecule has 4 heteroatoms. The summed E-state index contributed by atoms with van der Waals surface area (Å²) in [6.45, 7) is 3.85. The highest BCUT2D eigenvalue weighted by Gasteiger charge is 2.12. The van der Waals surface area contributed by atoms with Crippen molar-refractivity contribution in [3.8, 4) is 0 Å². The molecule has 0 fully saturated rings. The first-order valence-electron chi connectivity index (χ1n) is 5.91. The summed E-state index contributed by atoms with van der Waals surface area (Å²) in [5, 5.41) is 2.87. The van der Waals surface area contributed by atoms with Gasteiger partial charge in [-0.2, -0.15) is 0 Å². The van der Waals surface area contributed by atoms with Gasteiger partial charge < -0.3 is 11.1 Å². The molecule has 0 aromatic heterocycles. The van der Waals surface area contributed by atoms with Crippen LogP contribution in [0.4, 0.5) is 11.4 Å². The summed E-state index contributed by atoms with van der Waals surface area (Å²) in [5.41, 5.74) is 9.57. The molecular weight excluding hydrogens is 304 g/mol. The van der Waals surface area contributed by atoms with Crippen molar-refractivity contribution in [2.75, 3.05) is 11.1 Å². The minimum atomic E-state index is -0.187. The molecule has 0 saturated carbocycles. The maximum Gasteiger partial charge on any atom is 0.258 e. The molecule has 2 rings (SSSR count). The third kappa shape index (κ3) is 3.15. The van der Waals surface area contributed by atoms with Crippen molar-refractivity contribution < 1.29 is 4.79 Å². The first-order valence-corrected chi connectivity index (χ1v) is 6.70. The summed E-state index contributed by atoms with van der Waals surface area (Å²) < 4.78 is 0.931. The molecule has 2 aromatic carbocycles. The quantitative estimate of drug-likeness (QED) is 0.825. The molecule has 0 atom stereocenters. The number of nitrogens with one attached hydrogen (secondary N) is 1. The van der Waals surface area contributed by atoms with Crippen molar-refractivity contribution in [1.29, 1.82) is 0 Å². The molecule has 0 heterocycles. The number of anilines is 2. The largest absolute Gasteiger partial charge is 0.398 e. The molecule has 0 spiro atoms. The third-order valence-electron chi connectivity index (χ3n) is 2.83. The van der Waals surface area contributed by atoms with E-state index in [0.717, 1.165) is 21.3 Å². The number of nitrogens with two attached hydrogens (primary N) is 1. The van der Waals surface area contributed by atoms with Crippen molar-refractivity contribution >= 4 is 33.2 Å². The van der Waals surface area contributed by atoms with Crippen molar-refractivity contribution in [3.63, 3.8) is 0 Å². The number of hydrogen-bond acceptors (Lipinski definition) is 2.